The third-order valence-electron chi connectivity index (χ3n) is 2.27. The zero-order valence-electron chi connectivity index (χ0n) is 9.45. The van der Waals surface area contributed by atoms with Crippen molar-refractivity contribution in [1.29, 1.82) is 0 Å². The van der Waals surface area contributed by atoms with Crippen molar-refractivity contribution >= 4 is 17.3 Å². The van der Waals surface area contributed by atoms with Crippen LogP contribution in [0.1, 0.15) is 10.4 Å². The van der Waals surface area contributed by atoms with Crippen molar-refractivity contribution in [2.45, 2.75) is 0 Å². The number of nitrogens with one attached hydrogen (secondary N) is 1. The number of benzene rings is 1. The smallest absolute Gasteiger partial charge is 0.258 e. The Kier molecular flexibility index (Phi) is 2.97. The lowest BCUT2D eigenvalue weighted by Gasteiger charge is -2.06. The first-order valence-corrected chi connectivity index (χ1v) is 5.02. The number of rotatable bonds is 2. The second-order valence-electron chi connectivity index (χ2n) is 3.71. The lowest BCUT2D eigenvalue weighted by atomic mass is 10.1. The topological polar surface area (TPSA) is 72.9 Å². The molecule has 0 bridgehead atoms. The number of hydrogen-bond donors (Lipinski definition) is 2. The number of halogens is 2. The number of nitrogens with zero attached hydrogens (tertiary/aromatic N) is 2. The Hall–Kier alpha value is -2.44. The molecule has 1 amide bonds. The largest absolute Gasteiger partial charge is 0.396 e. The molecule has 0 atom stereocenters. The zero-order chi connectivity index (χ0) is 13.3. The first-order valence-electron chi connectivity index (χ1n) is 5.02. The molecule has 18 heavy (non-hydrogen) atoms. The van der Waals surface area contributed by atoms with Crippen molar-refractivity contribution in [3.8, 4) is 0 Å². The number of nitrogen functional groups attached to an aromatic ring is 1. The average Bonchev–Trinajstić information content (AvgIpc) is 2.69. The summed E-state index contributed by atoms with van der Waals surface area (Å²) in [6.07, 6.45) is 2.91. The van der Waals surface area contributed by atoms with Crippen LogP contribution in [0.5, 0.6) is 0 Å². The molecule has 0 spiro atoms. The van der Waals surface area contributed by atoms with Gasteiger partial charge in [0, 0.05) is 13.2 Å². The molecule has 5 nitrogen and oxygen atoms in total. The van der Waals surface area contributed by atoms with Gasteiger partial charge in [-0.25, -0.2) is 8.78 Å². The molecule has 94 valence electrons. The standard InChI is InChI=1S/C11H10F2N4O/c1-17-5-7(4-15-17)16-11(18)8-2-6(12)3-9(14)10(8)13/h2-5H,14H2,1H3,(H,16,18). The Balaban J connectivity index is 2.29. The van der Waals surface area contributed by atoms with Gasteiger partial charge in [0.25, 0.3) is 5.91 Å². The lowest BCUT2D eigenvalue weighted by Crippen LogP contribution is -2.15. The van der Waals surface area contributed by atoms with E-state index in [1.807, 2.05) is 0 Å². The van der Waals surface area contributed by atoms with E-state index in [1.54, 1.807) is 7.05 Å². The number of nitrogens with two attached hydrogens (primary N) is 1. The highest BCUT2D eigenvalue weighted by Gasteiger charge is 2.16. The van der Waals surface area contributed by atoms with E-state index in [9.17, 15) is 13.6 Å². The van der Waals surface area contributed by atoms with Crippen LogP contribution in [-0.4, -0.2) is 15.7 Å². The van der Waals surface area contributed by atoms with Gasteiger partial charge in [0.1, 0.15) is 5.82 Å². The zero-order valence-corrected chi connectivity index (χ0v) is 9.45. The third-order valence-corrected chi connectivity index (χ3v) is 2.27. The van der Waals surface area contributed by atoms with Crippen LogP contribution in [0.15, 0.2) is 24.5 Å². The third kappa shape index (κ3) is 2.29. The summed E-state index contributed by atoms with van der Waals surface area (Å²) in [7, 11) is 1.66. The second kappa shape index (κ2) is 4.44. The number of anilines is 2. The predicted octanol–water partition coefficient (Wildman–Crippen LogP) is 1.53. The molecule has 0 saturated heterocycles. The summed E-state index contributed by atoms with van der Waals surface area (Å²) in [4.78, 5) is 11.7. The predicted molar refractivity (Wildman–Crippen MR) is 61.9 cm³/mol. The normalized spacial score (nSPS) is 10.4. The van der Waals surface area contributed by atoms with E-state index in [-0.39, 0.29) is 0 Å². The van der Waals surface area contributed by atoms with E-state index in [0.717, 1.165) is 12.1 Å². The van der Waals surface area contributed by atoms with Crippen LogP contribution < -0.4 is 11.1 Å². The average molecular weight is 252 g/mol. The van der Waals surface area contributed by atoms with Crippen molar-refractivity contribution < 1.29 is 13.6 Å². The van der Waals surface area contributed by atoms with E-state index >= 15 is 0 Å². The number of aryl methyl sites for hydroxylation is 1. The van der Waals surface area contributed by atoms with Gasteiger partial charge in [-0.2, -0.15) is 5.10 Å². The number of amides is 1. The maximum Gasteiger partial charge on any atom is 0.258 e. The Morgan fingerprint density at radius 2 is 2.17 bits per heavy atom. The summed E-state index contributed by atoms with van der Waals surface area (Å²) in [6, 6.07) is 1.60. The van der Waals surface area contributed by atoms with E-state index in [0.29, 0.717) is 5.69 Å². The van der Waals surface area contributed by atoms with Crippen LogP contribution in [0.25, 0.3) is 0 Å². The van der Waals surface area contributed by atoms with Crippen LogP contribution >= 0.6 is 0 Å². The Morgan fingerprint density at radius 1 is 1.44 bits per heavy atom. The molecular weight excluding hydrogens is 242 g/mol. The second-order valence-corrected chi connectivity index (χ2v) is 3.71. The van der Waals surface area contributed by atoms with Crippen LogP contribution in [-0.2, 0) is 7.05 Å². The maximum absolute atomic E-state index is 13.6. The fraction of sp³-hybridized carbons (Fsp3) is 0.0909. The highest BCUT2D eigenvalue weighted by Crippen LogP contribution is 2.18. The molecular formula is C11H10F2N4O. The number of aromatic nitrogens is 2. The molecule has 0 fully saturated rings. The molecule has 0 unspecified atom stereocenters. The van der Waals surface area contributed by atoms with Gasteiger partial charge in [-0.1, -0.05) is 0 Å². The molecule has 1 aromatic heterocycles. The van der Waals surface area contributed by atoms with Crippen LogP contribution in [0.3, 0.4) is 0 Å². The van der Waals surface area contributed by atoms with Gasteiger partial charge >= 0.3 is 0 Å². The van der Waals surface area contributed by atoms with Gasteiger partial charge in [-0.3, -0.25) is 9.48 Å². The monoisotopic (exact) mass is 252 g/mol. The van der Waals surface area contributed by atoms with Crippen LogP contribution in [0.2, 0.25) is 0 Å². The maximum atomic E-state index is 13.6. The SMILES string of the molecule is Cn1cc(NC(=O)c2cc(F)cc(N)c2F)cn1. The minimum Gasteiger partial charge on any atom is -0.396 e. The Morgan fingerprint density at radius 3 is 2.78 bits per heavy atom. The van der Waals surface area contributed by atoms with E-state index < -0.39 is 28.8 Å². The van der Waals surface area contributed by atoms with Crippen molar-refractivity contribution in [2.24, 2.45) is 7.05 Å². The van der Waals surface area contributed by atoms with Gasteiger partial charge in [-0.15, -0.1) is 0 Å². The van der Waals surface area contributed by atoms with Crippen LogP contribution in [0.4, 0.5) is 20.2 Å². The highest BCUT2D eigenvalue weighted by atomic mass is 19.1. The first-order chi connectivity index (χ1) is 8.47. The molecule has 0 aliphatic carbocycles. The van der Waals surface area contributed by atoms with E-state index in [4.69, 9.17) is 5.73 Å². The van der Waals surface area contributed by atoms with Gasteiger partial charge in [0.05, 0.1) is 23.1 Å². The summed E-state index contributed by atoms with van der Waals surface area (Å²) in [6.45, 7) is 0. The molecule has 1 heterocycles. The Labute approximate surface area is 101 Å². The number of carbonyl (C=O) groups is 1. The fourth-order valence-corrected chi connectivity index (χ4v) is 1.46. The van der Waals surface area contributed by atoms with Crippen LogP contribution in [0, 0.1) is 11.6 Å². The summed E-state index contributed by atoms with van der Waals surface area (Å²) in [5.74, 6) is -2.50. The van der Waals surface area contributed by atoms with Crippen molar-refractivity contribution in [3.05, 3.63) is 41.7 Å². The summed E-state index contributed by atoms with van der Waals surface area (Å²) < 4.78 is 28.1. The number of hydrogen-bond acceptors (Lipinski definition) is 3. The minimum absolute atomic E-state index is 0.379. The summed E-state index contributed by atoms with van der Waals surface area (Å²) in [5.41, 5.74) is 4.77. The summed E-state index contributed by atoms with van der Waals surface area (Å²) in [5, 5.41) is 6.22. The van der Waals surface area contributed by atoms with Gasteiger partial charge in [-0.05, 0) is 12.1 Å². The fourth-order valence-electron chi connectivity index (χ4n) is 1.46. The molecule has 3 N–H and O–H groups in total. The quantitative estimate of drug-likeness (QED) is 0.796. The van der Waals surface area contributed by atoms with E-state index in [2.05, 4.69) is 10.4 Å². The van der Waals surface area contributed by atoms with Crippen molar-refractivity contribution in [1.82, 2.24) is 9.78 Å². The molecule has 0 radical (unpaired) electrons. The molecule has 0 aliphatic heterocycles. The molecule has 1 aromatic carbocycles. The minimum atomic E-state index is -0.946. The molecule has 0 saturated carbocycles. The molecule has 2 rings (SSSR count). The Bertz CT molecular complexity index is 609. The number of carbonyl (C=O) groups excluding carboxylic acids is 1. The molecule has 7 heteroatoms. The highest BCUT2D eigenvalue weighted by molar-refractivity contribution is 6.04. The van der Waals surface area contributed by atoms with Crippen molar-refractivity contribution in [3.63, 3.8) is 0 Å². The van der Waals surface area contributed by atoms with Gasteiger partial charge in [0.2, 0.25) is 0 Å². The van der Waals surface area contributed by atoms with Crippen molar-refractivity contribution in [2.75, 3.05) is 11.1 Å². The first kappa shape index (κ1) is 12.0. The summed E-state index contributed by atoms with van der Waals surface area (Å²) >= 11 is 0. The van der Waals surface area contributed by atoms with Gasteiger partial charge in [0.15, 0.2) is 5.82 Å². The molecule has 2 aromatic rings. The van der Waals surface area contributed by atoms with Gasteiger partial charge < -0.3 is 11.1 Å². The lowest BCUT2D eigenvalue weighted by molar-refractivity contribution is 0.102. The molecule has 0 aliphatic rings. The van der Waals surface area contributed by atoms with E-state index in [1.165, 1.54) is 17.1 Å².